The van der Waals surface area contributed by atoms with E-state index in [2.05, 4.69) is 12.2 Å². The summed E-state index contributed by atoms with van der Waals surface area (Å²) in [5.41, 5.74) is 0. The van der Waals surface area contributed by atoms with Crippen LogP contribution in [0.15, 0.2) is 0 Å². The first-order valence-corrected chi connectivity index (χ1v) is 5.42. The molecule has 0 spiro atoms. The monoisotopic (exact) mass is 203 g/mol. The SMILES string of the molecule is CCCCC1C[C@@H](O)[C@H](O)[C@@H](CO)N1. The Morgan fingerprint density at radius 1 is 1.36 bits per heavy atom. The van der Waals surface area contributed by atoms with E-state index in [0.29, 0.717) is 6.42 Å². The summed E-state index contributed by atoms with van der Waals surface area (Å²) >= 11 is 0. The fraction of sp³-hybridized carbons (Fsp3) is 1.00. The van der Waals surface area contributed by atoms with Crippen LogP contribution in [-0.2, 0) is 0 Å². The van der Waals surface area contributed by atoms with Gasteiger partial charge >= 0.3 is 0 Å². The molecule has 1 saturated heterocycles. The largest absolute Gasteiger partial charge is 0.395 e. The van der Waals surface area contributed by atoms with Crippen LogP contribution in [-0.4, -0.2) is 46.2 Å². The fourth-order valence-corrected chi connectivity index (χ4v) is 1.98. The average Bonchev–Trinajstić information content (AvgIpc) is 2.19. The van der Waals surface area contributed by atoms with Crippen LogP contribution in [0.4, 0.5) is 0 Å². The van der Waals surface area contributed by atoms with E-state index >= 15 is 0 Å². The number of rotatable bonds is 4. The summed E-state index contributed by atoms with van der Waals surface area (Å²) in [6, 6.07) is -0.147. The predicted octanol–water partition coefficient (Wildman–Crippen LogP) is -0.379. The molecular weight excluding hydrogens is 182 g/mol. The molecule has 0 radical (unpaired) electrons. The Morgan fingerprint density at radius 3 is 2.64 bits per heavy atom. The third-order valence-corrected chi connectivity index (χ3v) is 2.89. The smallest absolute Gasteiger partial charge is 0.0974 e. The van der Waals surface area contributed by atoms with E-state index < -0.39 is 12.2 Å². The van der Waals surface area contributed by atoms with Gasteiger partial charge in [-0.2, -0.15) is 0 Å². The van der Waals surface area contributed by atoms with Gasteiger partial charge in [-0.15, -0.1) is 0 Å². The molecule has 1 unspecified atom stereocenters. The average molecular weight is 203 g/mol. The molecule has 1 rings (SSSR count). The summed E-state index contributed by atoms with van der Waals surface area (Å²) < 4.78 is 0. The van der Waals surface area contributed by atoms with E-state index in [9.17, 15) is 10.2 Å². The Morgan fingerprint density at radius 2 is 2.07 bits per heavy atom. The van der Waals surface area contributed by atoms with E-state index in [-0.39, 0.29) is 18.7 Å². The van der Waals surface area contributed by atoms with Crippen LogP contribution in [0.3, 0.4) is 0 Å². The highest BCUT2D eigenvalue weighted by Crippen LogP contribution is 2.18. The Balaban J connectivity index is 2.41. The van der Waals surface area contributed by atoms with E-state index in [0.717, 1.165) is 19.3 Å². The van der Waals surface area contributed by atoms with Crippen LogP contribution < -0.4 is 5.32 Å². The Kier molecular flexibility index (Phi) is 4.81. The zero-order valence-corrected chi connectivity index (χ0v) is 8.69. The van der Waals surface area contributed by atoms with Gasteiger partial charge in [-0.1, -0.05) is 19.8 Å². The van der Waals surface area contributed by atoms with Gasteiger partial charge in [0.25, 0.3) is 0 Å². The lowest BCUT2D eigenvalue weighted by molar-refractivity contribution is -0.0518. The first-order chi connectivity index (χ1) is 6.69. The number of hydrogen-bond acceptors (Lipinski definition) is 4. The van der Waals surface area contributed by atoms with Crippen molar-refractivity contribution in [1.29, 1.82) is 0 Å². The quantitative estimate of drug-likeness (QED) is 0.502. The summed E-state index contributed by atoms with van der Waals surface area (Å²) in [5, 5.41) is 31.2. The minimum absolute atomic E-state index is 0.124. The van der Waals surface area contributed by atoms with Crippen molar-refractivity contribution in [2.45, 2.75) is 56.9 Å². The molecule has 0 amide bonds. The van der Waals surface area contributed by atoms with Gasteiger partial charge in [0.05, 0.1) is 24.9 Å². The maximum Gasteiger partial charge on any atom is 0.0974 e. The molecule has 0 aromatic rings. The summed E-state index contributed by atoms with van der Waals surface area (Å²) in [6.45, 7) is 2.00. The number of unbranched alkanes of at least 4 members (excludes halogenated alkanes) is 1. The lowest BCUT2D eigenvalue weighted by Gasteiger charge is -2.37. The van der Waals surface area contributed by atoms with E-state index in [1.807, 2.05) is 0 Å². The van der Waals surface area contributed by atoms with Crippen molar-refractivity contribution < 1.29 is 15.3 Å². The molecule has 0 aromatic carbocycles. The highest BCUT2D eigenvalue weighted by Gasteiger charge is 2.34. The number of piperidine rings is 1. The second-order valence-electron chi connectivity index (χ2n) is 4.09. The minimum atomic E-state index is -0.835. The number of aliphatic hydroxyl groups excluding tert-OH is 3. The number of hydrogen-bond donors (Lipinski definition) is 4. The molecule has 0 aliphatic carbocycles. The normalized spacial score (nSPS) is 38.6. The molecule has 0 saturated carbocycles. The first kappa shape index (κ1) is 11.9. The molecule has 1 aliphatic heterocycles. The van der Waals surface area contributed by atoms with Crippen molar-refractivity contribution in [2.24, 2.45) is 0 Å². The van der Waals surface area contributed by atoms with Crippen LogP contribution in [0.25, 0.3) is 0 Å². The first-order valence-electron chi connectivity index (χ1n) is 5.42. The fourth-order valence-electron chi connectivity index (χ4n) is 1.98. The van der Waals surface area contributed by atoms with E-state index in [4.69, 9.17) is 5.11 Å². The molecule has 14 heavy (non-hydrogen) atoms. The van der Waals surface area contributed by atoms with Crippen molar-refractivity contribution in [3.63, 3.8) is 0 Å². The van der Waals surface area contributed by atoms with Crippen LogP contribution in [0.1, 0.15) is 32.6 Å². The highest BCUT2D eigenvalue weighted by atomic mass is 16.3. The van der Waals surface area contributed by atoms with Gasteiger partial charge in [0.2, 0.25) is 0 Å². The molecule has 84 valence electrons. The Hall–Kier alpha value is -0.160. The van der Waals surface area contributed by atoms with Gasteiger partial charge in [0.15, 0.2) is 0 Å². The van der Waals surface area contributed by atoms with Crippen molar-refractivity contribution in [3.05, 3.63) is 0 Å². The van der Waals surface area contributed by atoms with Crippen LogP contribution in [0, 0.1) is 0 Å². The van der Waals surface area contributed by atoms with E-state index in [1.165, 1.54) is 0 Å². The molecule has 4 nitrogen and oxygen atoms in total. The number of aliphatic hydroxyl groups is 3. The minimum Gasteiger partial charge on any atom is -0.395 e. The second-order valence-corrected chi connectivity index (χ2v) is 4.09. The van der Waals surface area contributed by atoms with Crippen LogP contribution in [0.2, 0.25) is 0 Å². The van der Waals surface area contributed by atoms with Crippen molar-refractivity contribution in [3.8, 4) is 0 Å². The molecule has 1 aliphatic rings. The second kappa shape index (κ2) is 5.66. The van der Waals surface area contributed by atoms with Crippen LogP contribution in [0.5, 0.6) is 0 Å². The standard InChI is InChI=1S/C10H21NO3/c1-2-3-4-7-5-9(13)10(14)8(6-12)11-7/h7-14H,2-6H2,1H3/t7?,8-,9-,10-/m1/s1. The third kappa shape index (κ3) is 2.92. The number of nitrogens with one attached hydrogen (secondary N) is 1. The van der Waals surface area contributed by atoms with E-state index in [1.54, 1.807) is 0 Å². The Bertz CT molecular complexity index is 165. The predicted molar refractivity (Wildman–Crippen MR) is 54.0 cm³/mol. The maximum atomic E-state index is 9.55. The molecular formula is C10H21NO3. The molecule has 4 atom stereocenters. The zero-order valence-electron chi connectivity index (χ0n) is 8.69. The maximum absolute atomic E-state index is 9.55. The zero-order chi connectivity index (χ0) is 10.6. The Labute approximate surface area is 85.0 Å². The van der Waals surface area contributed by atoms with Crippen molar-refractivity contribution >= 4 is 0 Å². The van der Waals surface area contributed by atoms with Crippen molar-refractivity contribution in [1.82, 2.24) is 5.32 Å². The summed E-state index contributed by atoms with van der Waals surface area (Å²) in [7, 11) is 0. The van der Waals surface area contributed by atoms with Gasteiger partial charge in [0, 0.05) is 6.04 Å². The highest BCUT2D eigenvalue weighted by molar-refractivity contribution is 4.91. The molecule has 0 bridgehead atoms. The third-order valence-electron chi connectivity index (χ3n) is 2.89. The van der Waals surface area contributed by atoms with Crippen LogP contribution >= 0.6 is 0 Å². The van der Waals surface area contributed by atoms with Gasteiger partial charge in [-0.05, 0) is 12.8 Å². The van der Waals surface area contributed by atoms with Gasteiger partial charge in [-0.3, -0.25) is 0 Å². The summed E-state index contributed by atoms with van der Waals surface area (Å²) in [6.07, 6.45) is 2.28. The molecule has 0 aromatic heterocycles. The molecule has 4 heteroatoms. The van der Waals surface area contributed by atoms with Gasteiger partial charge in [0.1, 0.15) is 0 Å². The lowest BCUT2D eigenvalue weighted by atomic mass is 9.91. The topological polar surface area (TPSA) is 72.7 Å². The molecule has 1 fully saturated rings. The lowest BCUT2D eigenvalue weighted by Crippen LogP contribution is -2.58. The van der Waals surface area contributed by atoms with Gasteiger partial charge in [-0.25, -0.2) is 0 Å². The summed E-state index contributed by atoms with van der Waals surface area (Å²) in [4.78, 5) is 0. The molecule has 1 heterocycles. The summed E-state index contributed by atoms with van der Waals surface area (Å²) in [5.74, 6) is 0. The van der Waals surface area contributed by atoms with Crippen molar-refractivity contribution in [2.75, 3.05) is 6.61 Å². The van der Waals surface area contributed by atoms with Gasteiger partial charge < -0.3 is 20.6 Å². The molecule has 4 N–H and O–H groups in total.